The second kappa shape index (κ2) is 8.70. The van der Waals surface area contributed by atoms with E-state index in [1.807, 2.05) is 0 Å². The van der Waals surface area contributed by atoms with E-state index in [0.29, 0.717) is 38.2 Å². The Morgan fingerprint density at radius 3 is 2.71 bits per heavy atom. The van der Waals surface area contributed by atoms with Crippen molar-refractivity contribution in [3.63, 3.8) is 0 Å². The summed E-state index contributed by atoms with van der Waals surface area (Å²) >= 11 is 7.13. The molecule has 0 radical (unpaired) electrons. The highest BCUT2D eigenvalue weighted by Gasteiger charge is 2.46. The van der Waals surface area contributed by atoms with Gasteiger partial charge in [0.1, 0.15) is 24.5 Å². The molecule has 0 saturated carbocycles. The molecular formula is C23H19ClN2O6S2. The van der Waals surface area contributed by atoms with Gasteiger partial charge in [0.05, 0.1) is 19.8 Å². The number of cyclic esters (lactones) is 1. The van der Waals surface area contributed by atoms with E-state index in [1.54, 1.807) is 48.5 Å². The number of thiophene rings is 1. The topological polar surface area (TPSA) is 116 Å². The van der Waals surface area contributed by atoms with E-state index in [4.69, 9.17) is 26.2 Å². The monoisotopic (exact) mass is 518 g/mol. The zero-order valence-corrected chi connectivity index (χ0v) is 20.0. The molecule has 0 aliphatic carbocycles. The molecule has 8 nitrogen and oxygen atoms in total. The van der Waals surface area contributed by atoms with Crippen molar-refractivity contribution in [2.45, 2.75) is 29.9 Å². The van der Waals surface area contributed by atoms with Crippen LogP contribution in [0.5, 0.6) is 5.75 Å². The molecule has 1 fully saturated rings. The van der Waals surface area contributed by atoms with Gasteiger partial charge >= 0.3 is 6.09 Å². The average Bonchev–Trinajstić information content (AvgIpc) is 3.39. The lowest BCUT2D eigenvalue weighted by Gasteiger charge is -2.31. The highest BCUT2D eigenvalue weighted by atomic mass is 35.5. The van der Waals surface area contributed by atoms with Gasteiger partial charge in [0.15, 0.2) is 5.78 Å². The van der Waals surface area contributed by atoms with E-state index in [2.05, 4.69) is 0 Å². The van der Waals surface area contributed by atoms with Gasteiger partial charge in [-0.15, -0.1) is 11.3 Å². The predicted octanol–water partition coefficient (Wildman–Crippen LogP) is 4.47. The molecule has 176 valence electrons. The molecule has 0 unspecified atom stereocenters. The summed E-state index contributed by atoms with van der Waals surface area (Å²) in [5, 5.41) is 5.37. The Hall–Kier alpha value is -2.92. The lowest BCUT2D eigenvalue weighted by Crippen LogP contribution is -2.44. The van der Waals surface area contributed by atoms with Crippen molar-refractivity contribution in [2.75, 3.05) is 11.5 Å². The predicted molar refractivity (Wildman–Crippen MR) is 128 cm³/mol. The number of carbonyl (C=O) groups is 2. The normalized spacial score (nSPS) is 19.2. The molecule has 3 heterocycles. The van der Waals surface area contributed by atoms with Crippen molar-refractivity contribution >= 4 is 50.5 Å². The van der Waals surface area contributed by atoms with Gasteiger partial charge in [-0.05, 0) is 42.3 Å². The van der Waals surface area contributed by atoms with Gasteiger partial charge in [-0.3, -0.25) is 9.69 Å². The van der Waals surface area contributed by atoms with Crippen molar-refractivity contribution in [3.8, 4) is 16.9 Å². The number of hydrogen-bond donors (Lipinski definition) is 1. The Labute approximate surface area is 204 Å². The molecule has 1 aromatic heterocycles. The van der Waals surface area contributed by atoms with Crippen LogP contribution in [0.2, 0.25) is 4.34 Å². The number of ketones is 1. The first-order chi connectivity index (χ1) is 16.2. The minimum absolute atomic E-state index is 0.000905. The number of rotatable bonds is 6. The van der Waals surface area contributed by atoms with Crippen molar-refractivity contribution in [1.29, 1.82) is 0 Å². The standard InChI is InChI=1S/C23H19ClN2O6S2/c24-22-10-9-20(33-22)17(27)7-8-18-16-12-31-19-11-13(5-6-15(19)26(16)23(28)32-18)14-3-1-2-4-21(14)34(25,29)30/h1-6,9-11,16,18H,7-8,12H2,(H2,25,29,30)/t16-,18-/m0/s1. The molecule has 11 heteroatoms. The largest absolute Gasteiger partial charge is 0.489 e. The smallest absolute Gasteiger partial charge is 0.415 e. The highest BCUT2D eigenvalue weighted by molar-refractivity contribution is 7.89. The molecule has 3 aromatic rings. The van der Waals surface area contributed by atoms with E-state index in [9.17, 15) is 18.0 Å². The lowest BCUT2D eigenvalue weighted by molar-refractivity contribution is 0.0904. The Bertz CT molecular complexity index is 1400. The van der Waals surface area contributed by atoms with Crippen molar-refractivity contribution in [3.05, 3.63) is 63.8 Å². The minimum Gasteiger partial charge on any atom is -0.489 e. The lowest BCUT2D eigenvalue weighted by atomic mass is 10.0. The number of sulfonamides is 1. The number of hydrogen-bond acceptors (Lipinski definition) is 7. The SMILES string of the molecule is NS(=O)(=O)c1ccccc1-c1ccc2c(c1)OC[C@H]1[C@H](CCC(=O)c3ccc(Cl)s3)OC(=O)N21. The second-order valence-corrected chi connectivity index (χ2v) is 11.2. The van der Waals surface area contributed by atoms with Crippen LogP contribution in [0.3, 0.4) is 0 Å². The van der Waals surface area contributed by atoms with E-state index in [-0.39, 0.29) is 29.7 Å². The van der Waals surface area contributed by atoms with Crippen LogP contribution in [0.4, 0.5) is 10.5 Å². The number of nitrogens with two attached hydrogens (primary N) is 1. The first kappa shape index (κ1) is 22.9. The number of carbonyl (C=O) groups excluding carboxylic acids is 2. The van der Waals surface area contributed by atoms with E-state index < -0.39 is 22.2 Å². The van der Waals surface area contributed by atoms with Crippen LogP contribution in [0, 0.1) is 0 Å². The average molecular weight is 519 g/mol. The van der Waals surface area contributed by atoms with Gasteiger partial charge in [0.2, 0.25) is 10.0 Å². The van der Waals surface area contributed by atoms with E-state index >= 15 is 0 Å². The summed E-state index contributed by atoms with van der Waals surface area (Å²) in [5.74, 6) is 0.376. The maximum absolute atomic E-state index is 12.7. The summed E-state index contributed by atoms with van der Waals surface area (Å²) in [6, 6.07) is 14.5. The molecule has 1 amide bonds. The third-order valence-corrected chi connectivity index (χ3v) is 8.09. The van der Waals surface area contributed by atoms with Crippen LogP contribution in [0.25, 0.3) is 11.1 Å². The number of amides is 1. The minimum atomic E-state index is -3.92. The Morgan fingerprint density at radius 1 is 1.18 bits per heavy atom. The van der Waals surface area contributed by atoms with Crippen LogP contribution in [0.15, 0.2) is 59.5 Å². The number of fused-ring (bicyclic) bond motifs is 3. The fraction of sp³-hybridized carbons (Fsp3) is 0.217. The Morgan fingerprint density at radius 2 is 1.97 bits per heavy atom. The van der Waals surface area contributed by atoms with E-state index in [0.717, 1.165) is 0 Å². The van der Waals surface area contributed by atoms with Crippen molar-refractivity contribution < 1.29 is 27.5 Å². The van der Waals surface area contributed by atoms with Crippen LogP contribution in [0.1, 0.15) is 22.5 Å². The fourth-order valence-electron chi connectivity index (χ4n) is 4.26. The Kier molecular flexibility index (Phi) is 5.85. The van der Waals surface area contributed by atoms with Crippen LogP contribution >= 0.6 is 22.9 Å². The second-order valence-electron chi connectivity index (χ2n) is 7.96. The molecule has 2 aliphatic rings. The molecule has 1 saturated heterocycles. The fourth-order valence-corrected chi connectivity index (χ4v) is 6.03. The van der Waals surface area contributed by atoms with E-state index in [1.165, 1.54) is 22.3 Å². The number of primary sulfonamides is 1. The third-order valence-electron chi connectivity index (χ3n) is 5.85. The Balaban J connectivity index is 1.37. The summed E-state index contributed by atoms with van der Waals surface area (Å²) in [6.45, 7) is 0.183. The van der Waals surface area contributed by atoms with Gasteiger partial charge in [0.25, 0.3) is 0 Å². The van der Waals surface area contributed by atoms with Gasteiger partial charge in [-0.2, -0.15) is 0 Å². The molecule has 5 rings (SSSR count). The zero-order chi connectivity index (χ0) is 24.0. The quantitative estimate of drug-likeness (QED) is 0.481. The number of benzene rings is 2. The van der Waals surface area contributed by atoms with Gasteiger partial charge in [-0.1, -0.05) is 35.9 Å². The number of Topliss-reactive ketones (excluding diaryl/α,β-unsaturated/α-hetero) is 1. The summed E-state index contributed by atoms with van der Waals surface area (Å²) in [6.07, 6.45) is -0.429. The molecular weight excluding hydrogens is 500 g/mol. The summed E-state index contributed by atoms with van der Waals surface area (Å²) in [7, 11) is -3.92. The highest BCUT2D eigenvalue weighted by Crippen LogP contribution is 2.42. The van der Waals surface area contributed by atoms with Crippen molar-refractivity contribution in [2.24, 2.45) is 5.14 Å². The number of anilines is 1. The summed E-state index contributed by atoms with van der Waals surface area (Å²) in [4.78, 5) is 27.2. The van der Waals surface area contributed by atoms with Crippen molar-refractivity contribution in [1.82, 2.24) is 0 Å². The van der Waals surface area contributed by atoms with Gasteiger partial charge < -0.3 is 9.47 Å². The summed E-state index contributed by atoms with van der Waals surface area (Å²) in [5.41, 5.74) is 1.55. The van der Waals surface area contributed by atoms with Gasteiger partial charge in [0, 0.05) is 12.0 Å². The third kappa shape index (κ3) is 4.18. The first-order valence-corrected chi connectivity index (χ1v) is 13.1. The number of nitrogens with zero attached hydrogens (tertiary/aromatic N) is 1. The van der Waals surface area contributed by atoms with Crippen LogP contribution < -0.4 is 14.8 Å². The van der Waals surface area contributed by atoms with Gasteiger partial charge in [-0.25, -0.2) is 18.4 Å². The molecule has 0 bridgehead atoms. The molecule has 2 atom stereocenters. The molecule has 0 spiro atoms. The number of halogens is 1. The maximum Gasteiger partial charge on any atom is 0.415 e. The molecule has 34 heavy (non-hydrogen) atoms. The van der Waals surface area contributed by atoms with Crippen LogP contribution in [-0.4, -0.2) is 39.0 Å². The summed E-state index contributed by atoms with van der Waals surface area (Å²) < 4.78 is 36.0. The zero-order valence-electron chi connectivity index (χ0n) is 17.6. The molecule has 2 aromatic carbocycles. The molecule has 2 aliphatic heterocycles. The van der Waals surface area contributed by atoms with Crippen LogP contribution in [-0.2, 0) is 14.8 Å². The number of ether oxygens (including phenoxy) is 2. The molecule has 2 N–H and O–H groups in total. The first-order valence-electron chi connectivity index (χ1n) is 10.4. The maximum atomic E-state index is 12.7.